The molecular weight excluding hydrogens is 354 g/mol. The Balaban J connectivity index is 2.13. The molecular formula is C16H15BrClNO2. The lowest BCUT2D eigenvalue weighted by Gasteiger charge is -2.12. The molecule has 110 valence electrons. The fourth-order valence-corrected chi connectivity index (χ4v) is 2.44. The smallest absolute Gasteiger partial charge is 0.251 e. The SMILES string of the molecule is COc1cccc(Cl)c1CNC(=O)c1ccc(Br)c(C)c1. The summed E-state index contributed by atoms with van der Waals surface area (Å²) in [7, 11) is 1.58. The molecule has 0 saturated heterocycles. The highest BCUT2D eigenvalue weighted by atomic mass is 79.9. The van der Waals surface area contributed by atoms with Crippen LogP contribution in [0.2, 0.25) is 5.02 Å². The second-order valence-corrected chi connectivity index (χ2v) is 5.83. The van der Waals surface area contributed by atoms with E-state index in [0.717, 1.165) is 15.6 Å². The van der Waals surface area contributed by atoms with Crippen molar-refractivity contribution in [3.63, 3.8) is 0 Å². The first-order valence-corrected chi connectivity index (χ1v) is 7.55. The van der Waals surface area contributed by atoms with E-state index in [1.165, 1.54) is 0 Å². The molecule has 5 heteroatoms. The van der Waals surface area contributed by atoms with Gasteiger partial charge in [-0.25, -0.2) is 0 Å². The number of amides is 1. The van der Waals surface area contributed by atoms with Gasteiger partial charge in [-0.15, -0.1) is 0 Å². The Labute approximate surface area is 137 Å². The Morgan fingerprint density at radius 2 is 2.10 bits per heavy atom. The number of benzene rings is 2. The van der Waals surface area contributed by atoms with Gasteiger partial charge in [0.05, 0.1) is 7.11 Å². The number of carbonyl (C=O) groups excluding carboxylic acids is 1. The van der Waals surface area contributed by atoms with Crippen molar-refractivity contribution in [2.24, 2.45) is 0 Å². The molecule has 0 heterocycles. The van der Waals surface area contributed by atoms with Gasteiger partial charge in [0.15, 0.2) is 0 Å². The number of halogens is 2. The van der Waals surface area contributed by atoms with Crippen LogP contribution in [0, 0.1) is 6.92 Å². The highest BCUT2D eigenvalue weighted by Gasteiger charge is 2.11. The summed E-state index contributed by atoms with van der Waals surface area (Å²) in [6, 6.07) is 10.9. The lowest BCUT2D eigenvalue weighted by atomic mass is 10.1. The Kier molecular flexibility index (Phi) is 5.26. The summed E-state index contributed by atoms with van der Waals surface area (Å²) < 4.78 is 6.24. The molecule has 21 heavy (non-hydrogen) atoms. The highest BCUT2D eigenvalue weighted by Crippen LogP contribution is 2.26. The van der Waals surface area contributed by atoms with E-state index < -0.39 is 0 Å². The van der Waals surface area contributed by atoms with Crippen molar-refractivity contribution in [3.8, 4) is 5.75 Å². The van der Waals surface area contributed by atoms with Crippen LogP contribution in [-0.2, 0) is 6.54 Å². The predicted molar refractivity (Wildman–Crippen MR) is 88.1 cm³/mol. The van der Waals surface area contributed by atoms with E-state index in [0.29, 0.717) is 22.9 Å². The number of nitrogens with one attached hydrogen (secondary N) is 1. The lowest BCUT2D eigenvalue weighted by molar-refractivity contribution is 0.0950. The second-order valence-electron chi connectivity index (χ2n) is 4.57. The fraction of sp³-hybridized carbons (Fsp3) is 0.188. The van der Waals surface area contributed by atoms with Gasteiger partial charge in [-0.05, 0) is 42.8 Å². The van der Waals surface area contributed by atoms with Crippen LogP contribution in [0.25, 0.3) is 0 Å². The zero-order valence-electron chi connectivity index (χ0n) is 11.7. The molecule has 3 nitrogen and oxygen atoms in total. The summed E-state index contributed by atoms with van der Waals surface area (Å²) in [5.74, 6) is 0.516. The quantitative estimate of drug-likeness (QED) is 0.871. The first-order chi connectivity index (χ1) is 10.0. The van der Waals surface area contributed by atoms with E-state index in [-0.39, 0.29) is 5.91 Å². The molecule has 0 aliphatic rings. The van der Waals surface area contributed by atoms with Gasteiger partial charge in [-0.1, -0.05) is 33.6 Å². The number of ether oxygens (including phenoxy) is 1. The molecule has 0 unspecified atom stereocenters. The van der Waals surface area contributed by atoms with Gasteiger partial charge in [0.1, 0.15) is 5.75 Å². The van der Waals surface area contributed by atoms with Gasteiger partial charge in [0.2, 0.25) is 0 Å². The number of aryl methyl sites for hydroxylation is 1. The molecule has 1 amide bonds. The van der Waals surface area contributed by atoms with Gasteiger partial charge in [0.25, 0.3) is 5.91 Å². The Hall–Kier alpha value is -1.52. The third-order valence-electron chi connectivity index (χ3n) is 3.14. The molecule has 0 atom stereocenters. The van der Waals surface area contributed by atoms with E-state index >= 15 is 0 Å². The number of rotatable bonds is 4. The first kappa shape index (κ1) is 15.9. The largest absolute Gasteiger partial charge is 0.496 e. The van der Waals surface area contributed by atoms with Crippen molar-refractivity contribution in [1.82, 2.24) is 5.32 Å². The minimum atomic E-state index is -0.146. The zero-order valence-corrected chi connectivity index (χ0v) is 14.1. The van der Waals surface area contributed by atoms with E-state index in [1.54, 1.807) is 19.2 Å². The van der Waals surface area contributed by atoms with Crippen LogP contribution < -0.4 is 10.1 Å². The maximum Gasteiger partial charge on any atom is 0.251 e. The fourth-order valence-electron chi connectivity index (χ4n) is 1.96. The molecule has 2 aromatic carbocycles. The monoisotopic (exact) mass is 367 g/mol. The van der Waals surface area contributed by atoms with Crippen LogP contribution in [-0.4, -0.2) is 13.0 Å². The van der Waals surface area contributed by atoms with Crippen LogP contribution in [0.1, 0.15) is 21.5 Å². The molecule has 0 aromatic heterocycles. The number of hydrogen-bond acceptors (Lipinski definition) is 2. The predicted octanol–water partition coefficient (Wildman–Crippen LogP) is 4.35. The Morgan fingerprint density at radius 1 is 1.33 bits per heavy atom. The van der Waals surface area contributed by atoms with Crippen molar-refractivity contribution >= 4 is 33.4 Å². The molecule has 0 aliphatic carbocycles. The second kappa shape index (κ2) is 6.96. The first-order valence-electron chi connectivity index (χ1n) is 6.38. The number of carbonyl (C=O) groups is 1. The molecule has 0 fully saturated rings. The van der Waals surface area contributed by atoms with Crippen molar-refractivity contribution in [1.29, 1.82) is 0 Å². The molecule has 1 N–H and O–H groups in total. The molecule has 0 bridgehead atoms. The minimum absolute atomic E-state index is 0.146. The van der Waals surface area contributed by atoms with Crippen molar-refractivity contribution in [3.05, 3.63) is 62.6 Å². The molecule has 0 spiro atoms. The molecule has 0 saturated carbocycles. The summed E-state index contributed by atoms with van der Waals surface area (Å²) in [5.41, 5.74) is 2.39. The van der Waals surface area contributed by atoms with Crippen molar-refractivity contribution in [2.45, 2.75) is 13.5 Å². The van der Waals surface area contributed by atoms with Crippen molar-refractivity contribution < 1.29 is 9.53 Å². The average Bonchev–Trinajstić information content (AvgIpc) is 2.48. The summed E-state index contributed by atoms with van der Waals surface area (Å²) in [5, 5.41) is 3.43. The summed E-state index contributed by atoms with van der Waals surface area (Å²) in [6.07, 6.45) is 0. The normalized spacial score (nSPS) is 10.3. The Bertz CT molecular complexity index is 673. The lowest BCUT2D eigenvalue weighted by Crippen LogP contribution is -2.23. The maximum absolute atomic E-state index is 12.2. The van der Waals surface area contributed by atoms with Crippen LogP contribution in [0.5, 0.6) is 5.75 Å². The summed E-state index contributed by atoms with van der Waals surface area (Å²) in [4.78, 5) is 12.2. The van der Waals surface area contributed by atoms with Crippen LogP contribution in [0.4, 0.5) is 0 Å². The third-order valence-corrected chi connectivity index (χ3v) is 4.39. The van der Waals surface area contributed by atoms with Crippen LogP contribution in [0.15, 0.2) is 40.9 Å². The number of hydrogen-bond donors (Lipinski definition) is 1. The summed E-state index contributed by atoms with van der Waals surface area (Å²) in [6.45, 7) is 2.26. The Morgan fingerprint density at radius 3 is 2.76 bits per heavy atom. The standard InChI is InChI=1S/C16H15BrClNO2/c1-10-8-11(6-7-13(10)17)16(20)19-9-12-14(18)4-3-5-15(12)21-2/h3-8H,9H2,1-2H3,(H,19,20). The maximum atomic E-state index is 12.2. The van der Waals surface area contributed by atoms with E-state index in [2.05, 4.69) is 21.2 Å². The van der Waals surface area contributed by atoms with Gasteiger partial charge in [-0.2, -0.15) is 0 Å². The van der Waals surface area contributed by atoms with Crippen LogP contribution >= 0.6 is 27.5 Å². The van der Waals surface area contributed by atoms with Crippen LogP contribution in [0.3, 0.4) is 0 Å². The molecule has 0 aliphatic heterocycles. The summed E-state index contributed by atoms with van der Waals surface area (Å²) >= 11 is 9.56. The topological polar surface area (TPSA) is 38.3 Å². The average molecular weight is 369 g/mol. The van der Waals surface area contributed by atoms with E-state index in [9.17, 15) is 4.79 Å². The van der Waals surface area contributed by atoms with Gasteiger partial charge in [-0.3, -0.25) is 4.79 Å². The minimum Gasteiger partial charge on any atom is -0.496 e. The molecule has 2 aromatic rings. The van der Waals surface area contributed by atoms with Gasteiger partial charge < -0.3 is 10.1 Å². The molecule has 2 rings (SSSR count). The van der Waals surface area contributed by atoms with Crippen molar-refractivity contribution in [2.75, 3.05) is 7.11 Å². The highest BCUT2D eigenvalue weighted by molar-refractivity contribution is 9.10. The zero-order chi connectivity index (χ0) is 15.4. The number of methoxy groups -OCH3 is 1. The van der Waals surface area contributed by atoms with Gasteiger partial charge in [0, 0.05) is 27.2 Å². The van der Waals surface area contributed by atoms with E-state index in [1.807, 2.05) is 31.2 Å². The third kappa shape index (κ3) is 3.77. The molecule has 0 radical (unpaired) electrons. The van der Waals surface area contributed by atoms with E-state index in [4.69, 9.17) is 16.3 Å². The van der Waals surface area contributed by atoms with Gasteiger partial charge >= 0.3 is 0 Å².